The van der Waals surface area contributed by atoms with Crippen LogP contribution in [0.1, 0.15) is 5.56 Å². The van der Waals surface area contributed by atoms with Crippen molar-refractivity contribution in [1.82, 2.24) is 9.62 Å². The summed E-state index contributed by atoms with van der Waals surface area (Å²) in [4.78, 5) is 2.36. The van der Waals surface area contributed by atoms with E-state index in [0.717, 1.165) is 13.1 Å². The number of benzene rings is 2. The van der Waals surface area contributed by atoms with E-state index >= 15 is 0 Å². The zero-order valence-electron chi connectivity index (χ0n) is 16.4. The molecule has 7 nitrogen and oxygen atoms in total. The van der Waals surface area contributed by atoms with Crippen LogP contribution in [0.4, 0.5) is 0 Å². The molecule has 0 bridgehead atoms. The largest absolute Gasteiger partial charge is 0.493 e. The summed E-state index contributed by atoms with van der Waals surface area (Å²) in [6, 6.07) is 13.2. The van der Waals surface area contributed by atoms with E-state index in [9.17, 15) is 8.42 Å². The first-order chi connectivity index (χ1) is 13.9. The average Bonchev–Trinajstić information content (AvgIpc) is 2.73. The lowest BCUT2D eigenvalue weighted by molar-refractivity contribution is -0.0276. The van der Waals surface area contributed by atoms with Gasteiger partial charge < -0.3 is 14.2 Å². The van der Waals surface area contributed by atoms with Gasteiger partial charge in [-0.3, -0.25) is 4.90 Å². The van der Waals surface area contributed by atoms with Gasteiger partial charge in [0.2, 0.25) is 10.0 Å². The number of ether oxygens (including phenoxy) is 3. The predicted molar refractivity (Wildman–Crippen MR) is 114 cm³/mol. The van der Waals surface area contributed by atoms with Crippen LogP contribution < -0.4 is 14.2 Å². The first-order valence-corrected chi connectivity index (χ1v) is 11.5. The Morgan fingerprint density at radius 3 is 2.55 bits per heavy atom. The van der Waals surface area contributed by atoms with Gasteiger partial charge in [-0.1, -0.05) is 30.3 Å². The van der Waals surface area contributed by atoms with Crippen LogP contribution in [0.2, 0.25) is 0 Å². The molecule has 0 aliphatic carbocycles. The molecule has 158 valence electrons. The number of hydrogen-bond acceptors (Lipinski definition) is 6. The Balaban J connectivity index is 1.64. The molecule has 0 amide bonds. The van der Waals surface area contributed by atoms with Crippen LogP contribution in [0, 0.1) is 0 Å². The van der Waals surface area contributed by atoms with Gasteiger partial charge in [0.15, 0.2) is 11.5 Å². The van der Waals surface area contributed by atoms with Crippen LogP contribution in [0.3, 0.4) is 0 Å². The SMILES string of the molecule is COc1cc(Br)c(S(=O)(=O)NCC2CN(Cc3ccccc3)CCO2)cc1OC. The van der Waals surface area contributed by atoms with Crippen molar-refractivity contribution in [3.8, 4) is 11.5 Å². The van der Waals surface area contributed by atoms with Gasteiger partial charge in [-0.15, -0.1) is 0 Å². The van der Waals surface area contributed by atoms with Crippen LogP contribution >= 0.6 is 15.9 Å². The molecule has 1 heterocycles. The summed E-state index contributed by atoms with van der Waals surface area (Å²) in [5, 5.41) is 0. The van der Waals surface area contributed by atoms with E-state index in [1.165, 1.54) is 25.8 Å². The van der Waals surface area contributed by atoms with Crippen LogP contribution in [0.25, 0.3) is 0 Å². The van der Waals surface area contributed by atoms with Crippen LogP contribution in [-0.2, 0) is 21.3 Å². The predicted octanol–water partition coefficient (Wildman–Crippen LogP) is 2.65. The van der Waals surface area contributed by atoms with E-state index in [1.807, 2.05) is 18.2 Å². The normalized spacial score (nSPS) is 17.8. The summed E-state index contributed by atoms with van der Waals surface area (Å²) in [6.45, 7) is 3.05. The highest BCUT2D eigenvalue weighted by Gasteiger charge is 2.25. The number of sulfonamides is 1. The number of nitrogens with one attached hydrogen (secondary N) is 1. The summed E-state index contributed by atoms with van der Waals surface area (Å²) < 4.78 is 44.9. The van der Waals surface area contributed by atoms with Crippen molar-refractivity contribution in [2.45, 2.75) is 17.5 Å². The van der Waals surface area contributed by atoms with Crippen LogP contribution in [-0.4, -0.2) is 59.9 Å². The van der Waals surface area contributed by atoms with Gasteiger partial charge >= 0.3 is 0 Å². The van der Waals surface area contributed by atoms with E-state index in [0.29, 0.717) is 29.1 Å². The van der Waals surface area contributed by atoms with Crippen LogP contribution in [0.5, 0.6) is 11.5 Å². The lowest BCUT2D eigenvalue weighted by Crippen LogP contribution is -2.47. The number of nitrogens with zero attached hydrogens (tertiary/aromatic N) is 1. The van der Waals surface area contributed by atoms with Gasteiger partial charge in [0, 0.05) is 36.7 Å². The monoisotopic (exact) mass is 484 g/mol. The third-order valence-electron chi connectivity index (χ3n) is 4.70. The second-order valence-electron chi connectivity index (χ2n) is 6.70. The Morgan fingerprint density at radius 1 is 1.17 bits per heavy atom. The maximum Gasteiger partial charge on any atom is 0.241 e. The summed E-state index contributed by atoms with van der Waals surface area (Å²) in [7, 11) is -0.792. The molecule has 3 rings (SSSR count). The zero-order chi connectivity index (χ0) is 20.9. The number of methoxy groups -OCH3 is 2. The van der Waals surface area contributed by atoms with Crippen molar-refractivity contribution in [3.63, 3.8) is 0 Å². The third kappa shape index (κ3) is 5.70. The Bertz CT molecular complexity index is 924. The number of halogens is 1. The number of hydrogen-bond donors (Lipinski definition) is 1. The smallest absolute Gasteiger partial charge is 0.241 e. The average molecular weight is 485 g/mol. The van der Waals surface area contributed by atoms with Crippen molar-refractivity contribution >= 4 is 26.0 Å². The first kappa shape index (κ1) is 22.0. The minimum Gasteiger partial charge on any atom is -0.493 e. The molecular formula is C20H25BrN2O5S. The summed E-state index contributed by atoms with van der Waals surface area (Å²) >= 11 is 3.31. The topological polar surface area (TPSA) is 77.1 Å². The molecule has 0 spiro atoms. The molecule has 0 aromatic heterocycles. The molecule has 1 aliphatic rings. The molecule has 1 fully saturated rings. The molecule has 1 N–H and O–H groups in total. The lowest BCUT2D eigenvalue weighted by Gasteiger charge is -2.33. The van der Waals surface area contributed by atoms with Gasteiger partial charge in [-0.2, -0.15) is 0 Å². The highest BCUT2D eigenvalue weighted by molar-refractivity contribution is 9.10. The molecular weight excluding hydrogens is 460 g/mol. The van der Waals surface area contributed by atoms with Crippen molar-refractivity contribution < 1.29 is 22.6 Å². The molecule has 2 aromatic carbocycles. The Hall–Kier alpha value is -1.65. The fourth-order valence-corrected chi connectivity index (χ4v) is 5.31. The molecule has 0 radical (unpaired) electrons. The highest BCUT2D eigenvalue weighted by atomic mass is 79.9. The minimum absolute atomic E-state index is 0.0899. The van der Waals surface area contributed by atoms with Crippen molar-refractivity contribution in [2.75, 3.05) is 40.5 Å². The summed E-state index contributed by atoms with van der Waals surface area (Å²) in [6.07, 6.45) is -0.221. The maximum atomic E-state index is 12.8. The highest BCUT2D eigenvalue weighted by Crippen LogP contribution is 2.35. The molecule has 1 unspecified atom stereocenters. The quantitative estimate of drug-likeness (QED) is 0.620. The second-order valence-corrected chi connectivity index (χ2v) is 9.29. The van der Waals surface area contributed by atoms with Crippen molar-refractivity contribution in [3.05, 3.63) is 52.5 Å². The number of rotatable bonds is 8. The molecule has 9 heteroatoms. The molecule has 29 heavy (non-hydrogen) atoms. The third-order valence-corrected chi connectivity index (χ3v) is 7.08. The fourth-order valence-electron chi connectivity index (χ4n) is 3.21. The molecule has 1 aliphatic heterocycles. The van der Waals surface area contributed by atoms with Gasteiger partial charge in [0.25, 0.3) is 0 Å². The Morgan fingerprint density at radius 2 is 1.86 bits per heavy atom. The van der Waals surface area contributed by atoms with Gasteiger partial charge in [0.1, 0.15) is 4.90 Å². The minimum atomic E-state index is -3.76. The van der Waals surface area contributed by atoms with Gasteiger partial charge in [-0.25, -0.2) is 13.1 Å². The van der Waals surface area contributed by atoms with Crippen molar-refractivity contribution in [1.29, 1.82) is 0 Å². The van der Waals surface area contributed by atoms with E-state index in [-0.39, 0.29) is 17.5 Å². The van der Waals surface area contributed by atoms with Gasteiger partial charge in [-0.05, 0) is 27.6 Å². The summed E-state index contributed by atoms with van der Waals surface area (Å²) in [5.41, 5.74) is 1.22. The Labute approximate surface area is 180 Å². The van der Waals surface area contributed by atoms with Crippen LogP contribution in [0.15, 0.2) is 51.8 Å². The van der Waals surface area contributed by atoms with E-state index < -0.39 is 10.0 Å². The zero-order valence-corrected chi connectivity index (χ0v) is 18.8. The standard InChI is InChI=1S/C20H25BrN2O5S/c1-26-18-10-17(21)20(11-19(18)27-2)29(24,25)22-12-16-14-23(8-9-28-16)13-15-6-4-3-5-7-15/h3-7,10-11,16,22H,8-9,12-14H2,1-2H3. The molecule has 1 atom stereocenters. The van der Waals surface area contributed by atoms with E-state index in [1.54, 1.807) is 6.07 Å². The summed E-state index contributed by atoms with van der Waals surface area (Å²) in [5.74, 6) is 0.796. The fraction of sp³-hybridized carbons (Fsp3) is 0.400. The molecule has 1 saturated heterocycles. The van der Waals surface area contributed by atoms with E-state index in [4.69, 9.17) is 14.2 Å². The second kappa shape index (κ2) is 9.90. The molecule has 2 aromatic rings. The first-order valence-electron chi connectivity index (χ1n) is 9.22. The molecule has 0 saturated carbocycles. The van der Waals surface area contributed by atoms with Crippen molar-refractivity contribution in [2.24, 2.45) is 0 Å². The lowest BCUT2D eigenvalue weighted by atomic mass is 10.2. The van der Waals surface area contributed by atoms with E-state index in [2.05, 4.69) is 37.7 Å². The van der Waals surface area contributed by atoms with Gasteiger partial charge in [0.05, 0.1) is 26.9 Å². The maximum absolute atomic E-state index is 12.8. The number of morpholine rings is 1. The Kier molecular flexibility index (Phi) is 7.53.